The Labute approximate surface area is 189 Å². The Bertz CT molecular complexity index is 1170. The van der Waals surface area contributed by atoms with Crippen LogP contribution in [-0.4, -0.2) is 25.9 Å². The molecular weight excluding hydrogens is 432 g/mol. The Kier molecular flexibility index (Phi) is 6.44. The molecule has 0 aliphatic heterocycles. The molecule has 0 spiro atoms. The van der Waals surface area contributed by atoms with Crippen LogP contribution in [-0.2, 0) is 11.3 Å². The van der Waals surface area contributed by atoms with E-state index in [1.54, 1.807) is 6.26 Å². The molecule has 8 heteroatoms. The van der Waals surface area contributed by atoms with Crippen LogP contribution in [0.2, 0.25) is 5.02 Å². The number of rotatable bonds is 7. The Morgan fingerprint density at radius 2 is 1.97 bits per heavy atom. The summed E-state index contributed by atoms with van der Waals surface area (Å²) >= 11 is 7.38. The third-order valence-electron chi connectivity index (χ3n) is 4.65. The molecule has 2 aromatic heterocycles. The van der Waals surface area contributed by atoms with E-state index in [1.165, 1.54) is 11.8 Å². The lowest BCUT2D eigenvalue weighted by Gasteiger charge is -2.13. The number of halogens is 1. The summed E-state index contributed by atoms with van der Waals surface area (Å²) < 4.78 is 7.48. The number of nitrogens with zero attached hydrogens (tertiary/aromatic N) is 3. The molecular formula is C23H21ClN4O2S. The summed E-state index contributed by atoms with van der Waals surface area (Å²) in [7, 11) is 0. The lowest BCUT2D eigenvalue weighted by Crippen LogP contribution is -2.23. The Morgan fingerprint density at radius 3 is 2.68 bits per heavy atom. The topological polar surface area (TPSA) is 73.0 Å². The van der Waals surface area contributed by atoms with Gasteiger partial charge in [0.25, 0.3) is 0 Å². The molecule has 1 atom stereocenters. The van der Waals surface area contributed by atoms with Gasteiger partial charge < -0.3 is 9.73 Å². The minimum Gasteiger partial charge on any atom is -0.467 e. The van der Waals surface area contributed by atoms with E-state index in [0.29, 0.717) is 22.5 Å². The minimum absolute atomic E-state index is 0.101. The monoisotopic (exact) mass is 452 g/mol. The van der Waals surface area contributed by atoms with Gasteiger partial charge in [-0.3, -0.25) is 9.36 Å². The van der Waals surface area contributed by atoms with E-state index in [0.717, 1.165) is 22.6 Å². The van der Waals surface area contributed by atoms with E-state index in [-0.39, 0.29) is 11.2 Å². The predicted octanol–water partition coefficient (Wildman–Crippen LogP) is 5.67. The van der Waals surface area contributed by atoms with Gasteiger partial charge in [-0.15, -0.1) is 10.2 Å². The highest BCUT2D eigenvalue weighted by atomic mass is 35.5. The van der Waals surface area contributed by atoms with Crippen LogP contribution in [0.4, 0.5) is 5.69 Å². The predicted molar refractivity (Wildman–Crippen MR) is 123 cm³/mol. The molecule has 0 bridgehead atoms. The lowest BCUT2D eigenvalue weighted by atomic mass is 10.2. The van der Waals surface area contributed by atoms with E-state index < -0.39 is 0 Å². The zero-order valence-electron chi connectivity index (χ0n) is 17.1. The summed E-state index contributed by atoms with van der Waals surface area (Å²) in [4.78, 5) is 12.7. The van der Waals surface area contributed by atoms with Gasteiger partial charge in [0.2, 0.25) is 5.91 Å². The van der Waals surface area contributed by atoms with Crippen LogP contribution >= 0.6 is 23.4 Å². The number of anilines is 1. The molecule has 0 fully saturated rings. The SMILES string of the molecule is Cc1cccc(NC(=O)C(C)Sc2nnc(-c3ccc(Cl)cc3)n2Cc2ccco2)c1. The van der Waals surface area contributed by atoms with Gasteiger partial charge in [0.1, 0.15) is 5.76 Å². The number of carbonyl (C=O) groups is 1. The molecule has 1 N–H and O–H groups in total. The molecule has 0 aliphatic rings. The van der Waals surface area contributed by atoms with Crippen molar-refractivity contribution < 1.29 is 9.21 Å². The molecule has 0 aliphatic carbocycles. The van der Waals surface area contributed by atoms with Crippen LogP contribution < -0.4 is 5.32 Å². The largest absolute Gasteiger partial charge is 0.467 e. The Hall–Kier alpha value is -3.03. The third kappa shape index (κ3) is 5.18. The maximum Gasteiger partial charge on any atom is 0.237 e. The van der Waals surface area contributed by atoms with Gasteiger partial charge in [-0.1, -0.05) is 35.5 Å². The van der Waals surface area contributed by atoms with Crippen LogP contribution in [0.3, 0.4) is 0 Å². The maximum absolute atomic E-state index is 12.7. The van der Waals surface area contributed by atoms with E-state index in [9.17, 15) is 4.79 Å². The maximum atomic E-state index is 12.7. The van der Waals surface area contributed by atoms with Gasteiger partial charge >= 0.3 is 0 Å². The van der Waals surface area contributed by atoms with Gasteiger partial charge in [0, 0.05) is 16.3 Å². The number of carbonyl (C=O) groups excluding carboxylic acids is 1. The second kappa shape index (κ2) is 9.41. The first-order chi connectivity index (χ1) is 15.0. The van der Waals surface area contributed by atoms with Gasteiger partial charge in [-0.2, -0.15) is 0 Å². The summed E-state index contributed by atoms with van der Waals surface area (Å²) in [6.45, 7) is 4.29. The quantitative estimate of drug-likeness (QED) is 0.366. The molecule has 4 rings (SSSR count). The molecule has 4 aromatic rings. The van der Waals surface area contributed by atoms with Crippen molar-refractivity contribution in [3.63, 3.8) is 0 Å². The normalized spacial score (nSPS) is 12.0. The Balaban J connectivity index is 1.58. The smallest absolute Gasteiger partial charge is 0.237 e. The van der Waals surface area contributed by atoms with Crippen molar-refractivity contribution in [3.05, 3.63) is 83.3 Å². The van der Waals surface area contributed by atoms with Crippen LogP contribution in [0.25, 0.3) is 11.4 Å². The first-order valence-electron chi connectivity index (χ1n) is 9.75. The number of aryl methyl sites for hydroxylation is 1. The summed E-state index contributed by atoms with van der Waals surface area (Å²) in [5, 5.41) is 12.6. The molecule has 0 radical (unpaired) electrons. The van der Waals surface area contributed by atoms with Gasteiger partial charge in [0.15, 0.2) is 11.0 Å². The second-order valence-corrected chi connectivity index (χ2v) is 8.84. The molecule has 0 saturated heterocycles. The van der Waals surface area contributed by atoms with Crippen molar-refractivity contribution in [1.82, 2.24) is 14.8 Å². The van der Waals surface area contributed by atoms with Crippen LogP contribution in [0.5, 0.6) is 0 Å². The van der Waals surface area contributed by atoms with E-state index in [4.69, 9.17) is 16.0 Å². The van der Waals surface area contributed by atoms with Gasteiger partial charge in [0.05, 0.1) is 18.1 Å². The molecule has 1 unspecified atom stereocenters. The zero-order chi connectivity index (χ0) is 21.8. The summed E-state index contributed by atoms with van der Waals surface area (Å²) in [5.41, 5.74) is 2.74. The standard InChI is InChI=1S/C23H21ClN4O2S/c1-15-5-3-6-19(13-15)25-22(29)16(2)31-23-27-26-21(17-8-10-18(24)11-9-17)28(23)14-20-7-4-12-30-20/h3-13,16H,14H2,1-2H3,(H,25,29). The van der Waals surface area contributed by atoms with Gasteiger partial charge in [-0.05, 0) is 67.9 Å². The van der Waals surface area contributed by atoms with Crippen molar-refractivity contribution in [2.75, 3.05) is 5.32 Å². The first-order valence-corrected chi connectivity index (χ1v) is 11.0. The molecule has 158 valence electrons. The average Bonchev–Trinajstić information content (AvgIpc) is 3.40. The second-order valence-electron chi connectivity index (χ2n) is 7.10. The molecule has 0 saturated carbocycles. The summed E-state index contributed by atoms with van der Waals surface area (Å²) in [6, 6.07) is 18.9. The fraction of sp³-hybridized carbons (Fsp3) is 0.174. The number of aromatic nitrogens is 3. The van der Waals surface area contributed by atoms with Crippen LogP contribution in [0, 0.1) is 6.92 Å². The fourth-order valence-corrected chi connectivity index (χ4v) is 4.04. The zero-order valence-corrected chi connectivity index (χ0v) is 18.7. The van der Waals surface area contributed by atoms with Crippen molar-refractivity contribution in [2.45, 2.75) is 30.8 Å². The van der Waals surface area contributed by atoms with Crippen molar-refractivity contribution in [1.29, 1.82) is 0 Å². The number of nitrogens with one attached hydrogen (secondary N) is 1. The van der Waals surface area contributed by atoms with Crippen molar-refractivity contribution in [3.8, 4) is 11.4 Å². The molecule has 2 heterocycles. The van der Waals surface area contributed by atoms with Crippen LogP contribution in [0.1, 0.15) is 18.2 Å². The summed E-state index contributed by atoms with van der Waals surface area (Å²) in [5.74, 6) is 1.35. The number of hydrogen-bond donors (Lipinski definition) is 1. The number of thioether (sulfide) groups is 1. The Morgan fingerprint density at radius 1 is 1.16 bits per heavy atom. The van der Waals surface area contributed by atoms with Gasteiger partial charge in [-0.25, -0.2) is 0 Å². The molecule has 6 nitrogen and oxygen atoms in total. The van der Waals surface area contributed by atoms with Crippen molar-refractivity contribution in [2.24, 2.45) is 0 Å². The highest BCUT2D eigenvalue weighted by Gasteiger charge is 2.22. The van der Waals surface area contributed by atoms with E-state index >= 15 is 0 Å². The highest BCUT2D eigenvalue weighted by Crippen LogP contribution is 2.29. The molecule has 1 amide bonds. The average molecular weight is 453 g/mol. The first kappa shape index (κ1) is 21.2. The molecule has 2 aromatic carbocycles. The van der Waals surface area contributed by atoms with Crippen LogP contribution in [0.15, 0.2) is 76.5 Å². The number of furan rings is 1. The fourth-order valence-electron chi connectivity index (χ4n) is 3.07. The number of benzene rings is 2. The number of amides is 1. The van der Waals surface area contributed by atoms with E-state index in [2.05, 4.69) is 15.5 Å². The number of hydrogen-bond acceptors (Lipinski definition) is 5. The highest BCUT2D eigenvalue weighted by molar-refractivity contribution is 8.00. The van der Waals surface area contributed by atoms with Crippen molar-refractivity contribution >= 4 is 35.0 Å². The minimum atomic E-state index is -0.377. The third-order valence-corrected chi connectivity index (χ3v) is 5.98. The summed E-state index contributed by atoms with van der Waals surface area (Å²) in [6.07, 6.45) is 1.63. The lowest BCUT2D eigenvalue weighted by molar-refractivity contribution is -0.115. The molecule has 31 heavy (non-hydrogen) atoms. The van der Waals surface area contributed by atoms with E-state index in [1.807, 2.05) is 79.1 Å².